The van der Waals surface area contributed by atoms with Gasteiger partial charge in [0.1, 0.15) is 5.75 Å². The zero-order valence-corrected chi connectivity index (χ0v) is 7.03. The number of hydrogen-bond acceptors (Lipinski definition) is 4. The van der Waals surface area contributed by atoms with Crippen LogP contribution in [0.25, 0.3) is 0 Å². The van der Waals surface area contributed by atoms with E-state index in [9.17, 15) is 4.79 Å². The van der Waals surface area contributed by atoms with Crippen molar-refractivity contribution >= 4 is 6.29 Å². The minimum atomic E-state index is -0.496. The first-order valence-electron chi connectivity index (χ1n) is 3.88. The van der Waals surface area contributed by atoms with E-state index in [0.29, 0.717) is 6.42 Å². The molecule has 0 saturated carbocycles. The van der Waals surface area contributed by atoms with Gasteiger partial charge in [0.15, 0.2) is 0 Å². The van der Waals surface area contributed by atoms with Crippen LogP contribution in [0.2, 0.25) is 0 Å². The number of rotatable bonds is 4. The minimum Gasteiger partial charge on any atom is -0.508 e. The molecule has 4 heteroatoms. The summed E-state index contributed by atoms with van der Waals surface area (Å²) in [5, 5.41) is 8.99. The van der Waals surface area contributed by atoms with Crippen molar-refractivity contribution in [1.82, 2.24) is 5.43 Å². The van der Waals surface area contributed by atoms with Gasteiger partial charge in [-0.2, -0.15) is 0 Å². The predicted octanol–water partition coefficient (Wildman–Crippen LogP) is -0.124. The first kappa shape index (κ1) is 9.70. The lowest BCUT2D eigenvalue weighted by atomic mass is 10.1. The molecule has 0 aromatic heterocycles. The van der Waals surface area contributed by atoms with Crippen molar-refractivity contribution in [2.45, 2.75) is 12.5 Å². The molecule has 0 aliphatic carbocycles. The normalized spacial score (nSPS) is 12.4. The summed E-state index contributed by atoms with van der Waals surface area (Å²) in [7, 11) is 0. The predicted molar refractivity (Wildman–Crippen MR) is 48.6 cm³/mol. The van der Waals surface area contributed by atoms with Gasteiger partial charge in [0.05, 0.1) is 6.04 Å². The molecule has 1 aromatic rings. The average molecular weight is 179 g/mol. The highest BCUT2D eigenvalue weighted by Gasteiger charge is 2.06. The SMILES string of the molecule is NN[C@H]([C]=O)Cc1ccc(O)cc1. The van der Waals surface area contributed by atoms with E-state index >= 15 is 0 Å². The smallest absolute Gasteiger partial charge is 0.218 e. The Morgan fingerprint density at radius 1 is 1.46 bits per heavy atom. The summed E-state index contributed by atoms with van der Waals surface area (Å²) in [6.45, 7) is 0. The number of phenols is 1. The van der Waals surface area contributed by atoms with E-state index in [0.717, 1.165) is 5.56 Å². The zero-order chi connectivity index (χ0) is 9.68. The molecule has 1 atom stereocenters. The molecule has 1 rings (SSSR count). The van der Waals surface area contributed by atoms with E-state index < -0.39 is 6.04 Å². The van der Waals surface area contributed by atoms with Crippen LogP contribution in [0.3, 0.4) is 0 Å². The van der Waals surface area contributed by atoms with E-state index in [4.69, 9.17) is 10.9 Å². The van der Waals surface area contributed by atoms with Gasteiger partial charge in [-0.05, 0) is 24.1 Å². The second-order valence-corrected chi connectivity index (χ2v) is 2.71. The third kappa shape index (κ3) is 2.85. The number of hydrogen-bond donors (Lipinski definition) is 3. The molecule has 0 aliphatic heterocycles. The number of hydrazine groups is 1. The Morgan fingerprint density at radius 3 is 2.54 bits per heavy atom. The zero-order valence-electron chi connectivity index (χ0n) is 7.03. The van der Waals surface area contributed by atoms with Gasteiger partial charge < -0.3 is 5.11 Å². The summed E-state index contributed by atoms with van der Waals surface area (Å²) in [6, 6.07) is 6.10. The summed E-state index contributed by atoms with van der Waals surface area (Å²) >= 11 is 0. The molecule has 0 amide bonds. The van der Waals surface area contributed by atoms with Crippen molar-refractivity contribution < 1.29 is 9.90 Å². The lowest BCUT2D eigenvalue weighted by molar-refractivity contribution is 0.475. The van der Waals surface area contributed by atoms with Crippen LogP contribution in [0.5, 0.6) is 5.75 Å². The second-order valence-electron chi connectivity index (χ2n) is 2.71. The van der Waals surface area contributed by atoms with Gasteiger partial charge in [-0.1, -0.05) is 12.1 Å². The highest BCUT2D eigenvalue weighted by atomic mass is 16.3. The van der Waals surface area contributed by atoms with Gasteiger partial charge in [0.25, 0.3) is 0 Å². The Balaban J connectivity index is 2.63. The molecule has 1 aromatic carbocycles. The lowest BCUT2D eigenvalue weighted by Gasteiger charge is -2.07. The van der Waals surface area contributed by atoms with E-state index in [-0.39, 0.29) is 5.75 Å². The van der Waals surface area contributed by atoms with Crippen LogP contribution in [0, 0.1) is 0 Å². The Morgan fingerprint density at radius 2 is 2.08 bits per heavy atom. The van der Waals surface area contributed by atoms with E-state index in [1.54, 1.807) is 30.6 Å². The Hall–Kier alpha value is -1.39. The van der Waals surface area contributed by atoms with Crippen LogP contribution < -0.4 is 11.3 Å². The van der Waals surface area contributed by atoms with Crippen LogP contribution in [0.4, 0.5) is 0 Å². The molecule has 0 aliphatic rings. The van der Waals surface area contributed by atoms with E-state index in [1.165, 1.54) is 0 Å². The number of aromatic hydroxyl groups is 1. The van der Waals surface area contributed by atoms with Crippen LogP contribution >= 0.6 is 0 Å². The maximum Gasteiger partial charge on any atom is 0.218 e. The van der Waals surface area contributed by atoms with Crippen molar-refractivity contribution in [1.29, 1.82) is 0 Å². The van der Waals surface area contributed by atoms with E-state index in [2.05, 4.69) is 5.43 Å². The highest BCUT2D eigenvalue weighted by molar-refractivity contribution is 5.59. The molecule has 0 unspecified atom stereocenters. The van der Waals surface area contributed by atoms with Crippen LogP contribution in [-0.4, -0.2) is 17.4 Å². The van der Waals surface area contributed by atoms with Crippen LogP contribution in [0.1, 0.15) is 5.56 Å². The fraction of sp³-hybridized carbons (Fsp3) is 0.222. The molecule has 13 heavy (non-hydrogen) atoms. The number of nitrogens with two attached hydrogens (primary N) is 1. The third-order valence-electron chi connectivity index (χ3n) is 1.72. The molecule has 0 heterocycles. The van der Waals surface area contributed by atoms with Crippen molar-refractivity contribution in [3.8, 4) is 5.75 Å². The largest absolute Gasteiger partial charge is 0.508 e. The first-order chi connectivity index (χ1) is 6.26. The fourth-order valence-corrected chi connectivity index (χ4v) is 1.00. The summed E-state index contributed by atoms with van der Waals surface area (Å²) in [4.78, 5) is 10.3. The van der Waals surface area contributed by atoms with Crippen molar-refractivity contribution in [2.75, 3.05) is 0 Å². The monoisotopic (exact) mass is 179 g/mol. The van der Waals surface area contributed by atoms with Gasteiger partial charge >= 0.3 is 0 Å². The fourth-order valence-electron chi connectivity index (χ4n) is 1.00. The molecule has 0 bridgehead atoms. The van der Waals surface area contributed by atoms with Gasteiger partial charge in [-0.15, -0.1) is 0 Å². The van der Waals surface area contributed by atoms with Gasteiger partial charge in [0.2, 0.25) is 6.29 Å². The molecular formula is C9H11N2O2. The summed E-state index contributed by atoms with van der Waals surface area (Å²) in [5.74, 6) is 5.30. The average Bonchev–Trinajstić information content (AvgIpc) is 2.17. The molecule has 69 valence electrons. The first-order valence-corrected chi connectivity index (χ1v) is 3.88. The second kappa shape index (κ2) is 4.59. The van der Waals surface area contributed by atoms with Gasteiger partial charge in [-0.3, -0.25) is 10.6 Å². The number of benzene rings is 1. The topological polar surface area (TPSA) is 75.3 Å². The third-order valence-corrected chi connectivity index (χ3v) is 1.72. The standard InChI is InChI=1S/C9H11N2O2/c10-11-8(6-12)5-7-1-3-9(13)4-2-7/h1-4,8,11,13H,5,10H2/t8-/m0/s1. The Kier molecular flexibility index (Phi) is 3.42. The van der Waals surface area contributed by atoms with Crippen molar-refractivity contribution in [3.63, 3.8) is 0 Å². The maximum atomic E-state index is 10.3. The quantitative estimate of drug-likeness (QED) is 0.445. The molecule has 0 saturated heterocycles. The summed E-state index contributed by atoms with van der Waals surface area (Å²) in [5.41, 5.74) is 3.25. The van der Waals surface area contributed by atoms with Crippen molar-refractivity contribution in [3.05, 3.63) is 29.8 Å². The molecular weight excluding hydrogens is 168 g/mol. The maximum absolute atomic E-state index is 10.3. The summed E-state index contributed by atoms with van der Waals surface area (Å²) in [6.07, 6.45) is 2.24. The highest BCUT2D eigenvalue weighted by Crippen LogP contribution is 2.10. The molecule has 4 nitrogen and oxygen atoms in total. The number of carbonyl (C=O) groups excluding carboxylic acids is 1. The number of phenolic OH excluding ortho intramolecular Hbond substituents is 1. The Bertz CT molecular complexity index is 271. The van der Waals surface area contributed by atoms with Gasteiger partial charge in [0, 0.05) is 0 Å². The van der Waals surface area contributed by atoms with Crippen LogP contribution in [-0.2, 0) is 11.2 Å². The molecule has 1 radical (unpaired) electrons. The van der Waals surface area contributed by atoms with Crippen molar-refractivity contribution in [2.24, 2.45) is 5.84 Å². The lowest BCUT2D eigenvalue weighted by Crippen LogP contribution is -2.37. The Labute approximate surface area is 76.3 Å². The summed E-state index contributed by atoms with van der Waals surface area (Å²) < 4.78 is 0. The molecule has 4 N–H and O–H groups in total. The minimum absolute atomic E-state index is 0.205. The number of nitrogens with one attached hydrogen (secondary N) is 1. The molecule has 0 fully saturated rings. The molecule has 0 spiro atoms. The van der Waals surface area contributed by atoms with E-state index in [1.807, 2.05) is 0 Å². The van der Waals surface area contributed by atoms with Gasteiger partial charge in [-0.25, -0.2) is 5.43 Å². The van der Waals surface area contributed by atoms with Crippen LogP contribution in [0.15, 0.2) is 24.3 Å².